The highest BCUT2D eigenvalue weighted by Crippen LogP contribution is 2.39. The van der Waals surface area contributed by atoms with Gasteiger partial charge in [0.1, 0.15) is 6.04 Å². The number of aliphatic hydroxyl groups is 1. The first-order valence-corrected chi connectivity index (χ1v) is 20.1. The summed E-state index contributed by atoms with van der Waals surface area (Å²) in [6.07, 6.45) is -0.00184. The molecule has 0 radical (unpaired) electrons. The van der Waals surface area contributed by atoms with E-state index >= 15 is 0 Å². The molecule has 7 rings (SSSR count). The summed E-state index contributed by atoms with van der Waals surface area (Å²) in [4.78, 5) is 27.9. The Labute approximate surface area is 346 Å². The third kappa shape index (κ3) is 11.7. The summed E-state index contributed by atoms with van der Waals surface area (Å²) in [6.45, 7) is 2.49. The van der Waals surface area contributed by atoms with E-state index in [1.165, 1.54) is 18.2 Å². The SMILES string of the molecule is COC(=O)[C@H](Cc1ccccc1)NC(=O)NCc1cccc(-c2cccc([C@H]3O[C@@H](CN(Cc4ccccc4)Cc4ccccc4)C[C@@H](c4ccc(CO)cc4)O3)c2)c1. The van der Waals surface area contributed by atoms with E-state index in [0.717, 1.165) is 52.0 Å². The van der Waals surface area contributed by atoms with Crippen LogP contribution in [0.25, 0.3) is 11.1 Å². The van der Waals surface area contributed by atoms with Crippen LogP contribution in [-0.2, 0) is 51.7 Å². The van der Waals surface area contributed by atoms with Crippen LogP contribution in [0, 0.1) is 0 Å². The molecule has 4 atom stereocenters. The number of hydrogen-bond donors (Lipinski definition) is 3. The van der Waals surface area contributed by atoms with Crippen molar-refractivity contribution >= 4 is 12.0 Å². The number of methoxy groups -OCH3 is 1. The Morgan fingerprint density at radius 2 is 1.27 bits per heavy atom. The van der Waals surface area contributed by atoms with Crippen molar-refractivity contribution in [2.24, 2.45) is 0 Å². The molecule has 0 aromatic heterocycles. The van der Waals surface area contributed by atoms with Crippen LogP contribution in [0.4, 0.5) is 4.79 Å². The predicted octanol–water partition coefficient (Wildman–Crippen LogP) is 8.68. The van der Waals surface area contributed by atoms with E-state index in [1.54, 1.807) is 0 Å². The fraction of sp³-hybridized carbons (Fsp3) is 0.240. The minimum atomic E-state index is -0.824. The van der Waals surface area contributed by atoms with Gasteiger partial charge in [0.15, 0.2) is 6.29 Å². The third-order valence-corrected chi connectivity index (χ3v) is 10.5. The van der Waals surface area contributed by atoms with Crippen molar-refractivity contribution in [3.63, 3.8) is 0 Å². The number of esters is 1. The number of aliphatic hydroxyl groups excluding tert-OH is 1. The van der Waals surface area contributed by atoms with Gasteiger partial charge in [0.05, 0.1) is 25.9 Å². The lowest BCUT2D eigenvalue weighted by Crippen LogP contribution is -2.47. The standard InChI is InChI=1S/C50H51N3O6/c1-57-48(55)46(28-36-13-5-2-6-14-36)52-50(56)51-31-40-19-11-20-42(27-40)43-21-12-22-44(29-43)49-58-45(30-47(59-49)41-25-23-39(35-54)24-26-41)34-53(32-37-15-7-3-8-16-37)33-38-17-9-4-10-18-38/h2-27,29,45-47,49,54H,28,30-35H2,1H3,(H2,51,52,56)/t45-,46+,47+,49+/m1/s1. The molecule has 0 unspecified atom stereocenters. The Kier molecular flexibility index (Phi) is 14.3. The molecule has 1 fully saturated rings. The molecular formula is C50H51N3O6. The Morgan fingerprint density at radius 1 is 0.678 bits per heavy atom. The number of nitrogens with zero attached hydrogens (tertiary/aromatic N) is 1. The molecular weight excluding hydrogens is 739 g/mol. The van der Waals surface area contributed by atoms with Gasteiger partial charge < -0.3 is 30.0 Å². The van der Waals surface area contributed by atoms with Crippen LogP contribution >= 0.6 is 0 Å². The van der Waals surface area contributed by atoms with E-state index in [4.69, 9.17) is 14.2 Å². The zero-order valence-corrected chi connectivity index (χ0v) is 33.3. The molecule has 0 spiro atoms. The highest BCUT2D eigenvalue weighted by atomic mass is 16.7. The summed E-state index contributed by atoms with van der Waals surface area (Å²) in [5.41, 5.74) is 9.04. The molecule has 9 nitrogen and oxygen atoms in total. The van der Waals surface area contributed by atoms with E-state index < -0.39 is 24.3 Å². The van der Waals surface area contributed by atoms with Crippen LogP contribution in [0.1, 0.15) is 57.8 Å². The van der Waals surface area contributed by atoms with Crippen molar-refractivity contribution in [2.45, 2.75) is 63.6 Å². The lowest BCUT2D eigenvalue weighted by molar-refractivity contribution is -0.253. The van der Waals surface area contributed by atoms with Crippen LogP contribution in [0.5, 0.6) is 0 Å². The van der Waals surface area contributed by atoms with Gasteiger partial charge in [0.25, 0.3) is 0 Å². The highest BCUT2D eigenvalue weighted by Gasteiger charge is 2.33. The van der Waals surface area contributed by atoms with Crippen molar-refractivity contribution in [1.29, 1.82) is 0 Å². The van der Waals surface area contributed by atoms with E-state index in [2.05, 4.69) is 76.2 Å². The maximum Gasteiger partial charge on any atom is 0.328 e. The van der Waals surface area contributed by atoms with Gasteiger partial charge >= 0.3 is 12.0 Å². The molecule has 0 aliphatic carbocycles. The Balaban J connectivity index is 1.07. The van der Waals surface area contributed by atoms with E-state index in [0.29, 0.717) is 19.4 Å². The number of amides is 2. The molecule has 0 saturated carbocycles. The second kappa shape index (κ2) is 20.5. The quantitative estimate of drug-likeness (QED) is 0.0843. The summed E-state index contributed by atoms with van der Waals surface area (Å²) in [7, 11) is 1.31. The number of hydrogen-bond acceptors (Lipinski definition) is 7. The van der Waals surface area contributed by atoms with Gasteiger partial charge in [-0.1, -0.05) is 152 Å². The fourth-order valence-electron chi connectivity index (χ4n) is 7.49. The highest BCUT2D eigenvalue weighted by molar-refractivity contribution is 5.83. The Hall–Kier alpha value is -6.10. The molecule has 1 aliphatic heterocycles. The van der Waals surface area contributed by atoms with E-state index in [9.17, 15) is 14.7 Å². The van der Waals surface area contributed by atoms with E-state index in [1.807, 2.05) is 103 Å². The van der Waals surface area contributed by atoms with Gasteiger partial charge in [0.2, 0.25) is 0 Å². The molecule has 9 heteroatoms. The van der Waals surface area contributed by atoms with Crippen LogP contribution in [-0.4, -0.2) is 47.8 Å². The molecule has 6 aromatic carbocycles. The summed E-state index contributed by atoms with van der Waals surface area (Å²) >= 11 is 0. The second-order valence-corrected chi connectivity index (χ2v) is 14.9. The van der Waals surface area contributed by atoms with Crippen molar-refractivity contribution in [3.05, 3.63) is 203 Å². The van der Waals surface area contributed by atoms with Gasteiger partial charge in [0, 0.05) is 44.6 Å². The van der Waals surface area contributed by atoms with Crippen molar-refractivity contribution in [1.82, 2.24) is 15.5 Å². The largest absolute Gasteiger partial charge is 0.467 e. The van der Waals surface area contributed by atoms with Crippen LogP contribution in [0.2, 0.25) is 0 Å². The van der Waals surface area contributed by atoms with Gasteiger partial charge in [-0.25, -0.2) is 9.59 Å². The molecule has 1 aliphatic rings. The van der Waals surface area contributed by atoms with Crippen molar-refractivity contribution in [2.75, 3.05) is 13.7 Å². The topological polar surface area (TPSA) is 109 Å². The lowest BCUT2D eigenvalue weighted by Gasteiger charge is -2.38. The number of carbonyl (C=O) groups excluding carboxylic acids is 2. The number of rotatable bonds is 16. The van der Waals surface area contributed by atoms with Crippen LogP contribution < -0.4 is 10.6 Å². The minimum absolute atomic E-state index is 0.0179. The monoisotopic (exact) mass is 789 g/mol. The number of urea groups is 1. The van der Waals surface area contributed by atoms with Crippen molar-refractivity contribution in [3.8, 4) is 11.1 Å². The smallest absolute Gasteiger partial charge is 0.328 e. The Bertz CT molecular complexity index is 2200. The number of ether oxygens (including phenoxy) is 3. The molecule has 0 bridgehead atoms. The predicted molar refractivity (Wildman–Crippen MR) is 229 cm³/mol. The first-order chi connectivity index (χ1) is 28.9. The van der Waals surface area contributed by atoms with Crippen LogP contribution in [0.15, 0.2) is 164 Å². The molecule has 3 N–H and O–H groups in total. The van der Waals surface area contributed by atoms with Crippen LogP contribution in [0.3, 0.4) is 0 Å². The second-order valence-electron chi connectivity index (χ2n) is 14.9. The molecule has 2 amide bonds. The molecule has 1 heterocycles. The maximum absolute atomic E-state index is 13.0. The average Bonchev–Trinajstić information content (AvgIpc) is 3.29. The van der Waals surface area contributed by atoms with Gasteiger partial charge in [-0.3, -0.25) is 4.90 Å². The summed E-state index contributed by atoms with van der Waals surface area (Å²) in [5.74, 6) is -0.509. The summed E-state index contributed by atoms with van der Waals surface area (Å²) in [5, 5.41) is 15.4. The Morgan fingerprint density at radius 3 is 1.90 bits per heavy atom. The summed E-state index contributed by atoms with van der Waals surface area (Å²) in [6, 6.07) is 53.5. The molecule has 1 saturated heterocycles. The minimum Gasteiger partial charge on any atom is -0.467 e. The van der Waals surface area contributed by atoms with E-state index in [-0.39, 0.29) is 25.4 Å². The van der Waals surface area contributed by atoms with Gasteiger partial charge in [-0.2, -0.15) is 0 Å². The normalized spacial score (nSPS) is 16.9. The first kappa shape index (κ1) is 41.1. The summed E-state index contributed by atoms with van der Waals surface area (Å²) < 4.78 is 18.6. The zero-order valence-electron chi connectivity index (χ0n) is 33.3. The first-order valence-electron chi connectivity index (χ1n) is 20.1. The molecule has 302 valence electrons. The van der Waals surface area contributed by atoms with Gasteiger partial charge in [-0.15, -0.1) is 0 Å². The lowest BCUT2D eigenvalue weighted by atomic mass is 9.98. The third-order valence-electron chi connectivity index (χ3n) is 10.5. The van der Waals surface area contributed by atoms with Gasteiger partial charge in [-0.05, 0) is 56.6 Å². The number of nitrogens with one attached hydrogen (secondary N) is 2. The average molecular weight is 790 g/mol. The molecule has 6 aromatic rings. The fourth-order valence-corrected chi connectivity index (χ4v) is 7.49. The zero-order chi connectivity index (χ0) is 40.8. The van der Waals surface area contributed by atoms with Crippen molar-refractivity contribution < 1.29 is 28.9 Å². The molecule has 59 heavy (non-hydrogen) atoms. The maximum atomic E-state index is 13.0. The number of benzene rings is 6. The number of carbonyl (C=O) groups is 2.